The number of nitrogens with zero attached hydrogens (tertiary/aromatic N) is 2. The molecule has 3 rings (SSSR count). The number of amides is 2. The summed E-state index contributed by atoms with van der Waals surface area (Å²) in [6.07, 6.45) is 2.90. The highest BCUT2D eigenvalue weighted by molar-refractivity contribution is 6.50. The summed E-state index contributed by atoms with van der Waals surface area (Å²) in [6.45, 7) is 7.26. The minimum Gasteiger partial charge on any atom is -0.508 e. The Bertz CT molecular complexity index is 1100. The molecule has 0 radical (unpaired) electrons. The van der Waals surface area contributed by atoms with E-state index in [1.54, 1.807) is 13.8 Å². The van der Waals surface area contributed by atoms with Crippen molar-refractivity contribution in [3.63, 3.8) is 0 Å². The number of aromatic nitrogens is 2. The zero-order valence-electron chi connectivity index (χ0n) is 22.0. The second kappa shape index (κ2) is 13.7. The predicted octanol–water partition coefficient (Wildman–Crippen LogP) is 1.66. The van der Waals surface area contributed by atoms with Gasteiger partial charge >= 0.3 is 13.1 Å². The van der Waals surface area contributed by atoms with E-state index in [2.05, 4.69) is 20.6 Å². The molecule has 1 fully saturated rings. The van der Waals surface area contributed by atoms with Crippen LogP contribution in [0.3, 0.4) is 0 Å². The molecule has 1 aliphatic rings. The van der Waals surface area contributed by atoms with E-state index in [9.17, 15) is 19.2 Å². The first-order valence-electron chi connectivity index (χ1n) is 12.6. The lowest BCUT2D eigenvalue weighted by Crippen LogP contribution is -2.59. The van der Waals surface area contributed by atoms with Gasteiger partial charge in [-0.25, -0.2) is 9.78 Å². The zero-order chi connectivity index (χ0) is 27.7. The molecule has 0 aliphatic carbocycles. The summed E-state index contributed by atoms with van der Waals surface area (Å²) in [5, 5.41) is 5.60. The number of nitrogens with one attached hydrogen (secondary N) is 2. The van der Waals surface area contributed by atoms with E-state index in [1.807, 2.05) is 44.2 Å². The number of rotatable bonds is 11. The molecule has 1 saturated heterocycles. The minimum atomic E-state index is -1.21. The lowest BCUT2D eigenvalue weighted by molar-refractivity contribution is -0.165. The largest absolute Gasteiger partial charge is 0.551 e. The van der Waals surface area contributed by atoms with Gasteiger partial charge in [0.05, 0.1) is 24.7 Å². The van der Waals surface area contributed by atoms with Gasteiger partial charge in [0.2, 0.25) is 5.91 Å². The van der Waals surface area contributed by atoms with Crippen molar-refractivity contribution >= 4 is 30.9 Å². The summed E-state index contributed by atoms with van der Waals surface area (Å²) in [6, 6.07) is 8.23. The molecule has 0 unspecified atom stereocenters. The van der Waals surface area contributed by atoms with Crippen LogP contribution in [0.15, 0.2) is 48.9 Å². The van der Waals surface area contributed by atoms with Crippen LogP contribution < -0.4 is 10.6 Å². The van der Waals surface area contributed by atoms with Crippen LogP contribution in [0.4, 0.5) is 0 Å². The Labute approximate surface area is 222 Å². The third-order valence-corrected chi connectivity index (χ3v) is 5.59. The van der Waals surface area contributed by atoms with E-state index >= 15 is 0 Å². The molecule has 0 bridgehead atoms. The van der Waals surface area contributed by atoms with Gasteiger partial charge in [0.1, 0.15) is 11.7 Å². The number of esters is 1. The smallest absolute Gasteiger partial charge is 0.508 e. The van der Waals surface area contributed by atoms with E-state index < -0.39 is 49.0 Å². The number of hydrogen-bond donors (Lipinski definition) is 2. The summed E-state index contributed by atoms with van der Waals surface area (Å²) in [7, 11) is -1.21. The highest BCUT2D eigenvalue weighted by Crippen LogP contribution is 2.19. The van der Waals surface area contributed by atoms with Crippen LogP contribution in [-0.4, -0.2) is 65.0 Å². The van der Waals surface area contributed by atoms with Gasteiger partial charge in [0, 0.05) is 18.8 Å². The molecule has 0 spiro atoms. The van der Waals surface area contributed by atoms with Crippen LogP contribution in [0.2, 0.25) is 0 Å². The molecule has 12 heteroatoms. The Hall–Kier alpha value is -3.80. The van der Waals surface area contributed by atoms with Gasteiger partial charge in [-0.2, -0.15) is 0 Å². The lowest BCUT2D eigenvalue weighted by atomic mass is 9.72. The predicted molar refractivity (Wildman–Crippen MR) is 137 cm³/mol. The van der Waals surface area contributed by atoms with Crippen LogP contribution in [-0.2, 0) is 34.9 Å². The summed E-state index contributed by atoms with van der Waals surface area (Å²) >= 11 is 0. The van der Waals surface area contributed by atoms with E-state index in [1.165, 1.54) is 18.6 Å². The van der Waals surface area contributed by atoms with Crippen LogP contribution in [0, 0.1) is 5.92 Å². The molecule has 2 N–H and O–H groups in total. The molecule has 1 aromatic carbocycles. The Kier molecular flexibility index (Phi) is 10.3. The van der Waals surface area contributed by atoms with Crippen molar-refractivity contribution in [3.8, 4) is 0 Å². The number of carbonyl (C=O) groups excluding carboxylic acids is 4. The monoisotopic (exact) mass is 524 g/mol. The van der Waals surface area contributed by atoms with E-state index in [-0.39, 0.29) is 30.6 Å². The first-order chi connectivity index (χ1) is 18.1. The first-order valence-corrected chi connectivity index (χ1v) is 12.6. The van der Waals surface area contributed by atoms with Crippen molar-refractivity contribution in [3.05, 3.63) is 60.2 Å². The first kappa shape index (κ1) is 28.8. The summed E-state index contributed by atoms with van der Waals surface area (Å²) < 4.78 is 16.4. The van der Waals surface area contributed by atoms with E-state index in [0.29, 0.717) is 6.42 Å². The minimum absolute atomic E-state index is 0.0631. The molecule has 2 aromatic rings. The van der Waals surface area contributed by atoms with Crippen LogP contribution in [0.1, 0.15) is 56.6 Å². The quantitative estimate of drug-likeness (QED) is 0.331. The van der Waals surface area contributed by atoms with Crippen molar-refractivity contribution in [1.29, 1.82) is 0 Å². The van der Waals surface area contributed by atoms with Crippen molar-refractivity contribution in [2.75, 3.05) is 0 Å². The highest BCUT2D eigenvalue weighted by atomic mass is 16.7. The zero-order valence-corrected chi connectivity index (χ0v) is 22.0. The van der Waals surface area contributed by atoms with Crippen molar-refractivity contribution in [2.24, 2.45) is 5.92 Å². The fourth-order valence-electron chi connectivity index (χ4n) is 3.93. The maximum atomic E-state index is 13.5. The normalized spacial score (nSPS) is 16.9. The second-order valence-electron chi connectivity index (χ2n) is 9.72. The van der Waals surface area contributed by atoms with Crippen LogP contribution in [0.25, 0.3) is 0 Å². The fourth-order valence-corrected chi connectivity index (χ4v) is 3.93. The van der Waals surface area contributed by atoms with Gasteiger partial charge in [-0.1, -0.05) is 44.2 Å². The molecule has 11 nitrogen and oxygen atoms in total. The van der Waals surface area contributed by atoms with Crippen molar-refractivity contribution in [1.82, 2.24) is 20.6 Å². The molecule has 2 heterocycles. The van der Waals surface area contributed by atoms with E-state index in [0.717, 1.165) is 5.56 Å². The third kappa shape index (κ3) is 8.65. The molecule has 202 valence electrons. The van der Waals surface area contributed by atoms with Crippen molar-refractivity contribution in [2.45, 2.75) is 71.1 Å². The maximum Gasteiger partial charge on any atom is 0.551 e. The van der Waals surface area contributed by atoms with Gasteiger partial charge in [0.25, 0.3) is 11.9 Å². The second-order valence-corrected chi connectivity index (χ2v) is 9.72. The van der Waals surface area contributed by atoms with Gasteiger partial charge < -0.3 is 24.7 Å². The number of carbonyl (C=O) groups is 4. The average Bonchev–Trinajstić information content (AvgIpc) is 2.88. The van der Waals surface area contributed by atoms with Gasteiger partial charge in [0.15, 0.2) is 6.10 Å². The molecular formula is C26H33BN4O7. The molecule has 1 aliphatic heterocycles. The van der Waals surface area contributed by atoms with Crippen LogP contribution >= 0.6 is 0 Å². The topological polar surface area (TPSA) is 146 Å². The highest BCUT2D eigenvalue weighted by Gasteiger charge is 2.45. The SMILES string of the molecule is CC(C)C[C@H](NC(=O)[C@H](Cc1ccccc1)NC(=O)c1cnccn1)B1OC(=O)C[C@@H](C(=O)OC(C)C)O1. The maximum absolute atomic E-state index is 13.5. The Morgan fingerprint density at radius 1 is 1.11 bits per heavy atom. The fraction of sp³-hybridized carbons (Fsp3) is 0.462. The Morgan fingerprint density at radius 3 is 2.47 bits per heavy atom. The van der Waals surface area contributed by atoms with Gasteiger partial charge in [-0.15, -0.1) is 0 Å². The molecule has 38 heavy (non-hydrogen) atoms. The summed E-state index contributed by atoms with van der Waals surface area (Å²) in [5.41, 5.74) is 0.887. The molecule has 2 amide bonds. The number of hydrogen-bond acceptors (Lipinski definition) is 9. The summed E-state index contributed by atoms with van der Waals surface area (Å²) in [4.78, 5) is 59.0. The van der Waals surface area contributed by atoms with E-state index in [4.69, 9.17) is 14.0 Å². The van der Waals surface area contributed by atoms with Crippen LogP contribution in [0.5, 0.6) is 0 Å². The Morgan fingerprint density at radius 2 is 1.84 bits per heavy atom. The molecule has 0 saturated carbocycles. The molecule has 3 atom stereocenters. The van der Waals surface area contributed by atoms with Gasteiger partial charge in [-0.05, 0) is 31.7 Å². The average molecular weight is 524 g/mol. The standard InChI is InChI=1S/C26H33BN4O7/c1-16(2)12-22(27-37-21(14-23(32)38-27)26(35)36-17(3)4)31-24(33)19(13-18-8-6-5-7-9-18)30-25(34)20-15-28-10-11-29-20/h5-11,15-17,19,21-22H,12-14H2,1-4H3,(H,30,34)(H,31,33)/t19-,21-,22-/m0/s1. The lowest BCUT2D eigenvalue weighted by Gasteiger charge is -2.32. The van der Waals surface area contributed by atoms with Crippen molar-refractivity contribution < 1.29 is 33.2 Å². The van der Waals surface area contributed by atoms with Gasteiger partial charge in [-0.3, -0.25) is 19.4 Å². The molecular weight excluding hydrogens is 491 g/mol. The number of benzene rings is 1. The summed E-state index contributed by atoms with van der Waals surface area (Å²) in [5.74, 6) is -3.09. The molecule has 1 aromatic heterocycles. The number of ether oxygens (including phenoxy) is 1. The Balaban J connectivity index is 1.80. The third-order valence-electron chi connectivity index (χ3n) is 5.59.